The first-order valence-electron chi connectivity index (χ1n) is 9.68. The van der Waals surface area contributed by atoms with E-state index in [0.717, 1.165) is 12.8 Å². The monoisotopic (exact) mass is 346 g/mol. The lowest BCUT2D eigenvalue weighted by atomic mass is 9.66. The highest BCUT2D eigenvalue weighted by Gasteiger charge is 2.46. The van der Waals surface area contributed by atoms with Gasteiger partial charge in [-0.3, -0.25) is 0 Å². The van der Waals surface area contributed by atoms with Crippen molar-refractivity contribution in [2.24, 2.45) is 0 Å². The topological polar surface area (TPSA) is 0 Å². The molecule has 0 aliphatic heterocycles. The van der Waals surface area contributed by atoms with Gasteiger partial charge in [-0.25, -0.2) is 0 Å². The Balaban J connectivity index is 1.90. The van der Waals surface area contributed by atoms with Gasteiger partial charge in [0.25, 0.3) is 0 Å². The first kappa shape index (κ1) is 16.1. The van der Waals surface area contributed by atoms with Gasteiger partial charge in [-0.15, -0.1) is 0 Å². The summed E-state index contributed by atoms with van der Waals surface area (Å²) in [5.74, 6) is 0. The van der Waals surface area contributed by atoms with Crippen LogP contribution in [0.25, 0.3) is 5.57 Å². The van der Waals surface area contributed by atoms with Gasteiger partial charge in [0.15, 0.2) is 0 Å². The molecule has 0 nitrogen and oxygen atoms in total. The number of hydrogen-bond donors (Lipinski definition) is 0. The van der Waals surface area contributed by atoms with Gasteiger partial charge in [-0.2, -0.15) is 0 Å². The molecule has 0 saturated carbocycles. The maximum absolute atomic E-state index is 2.39. The normalized spacial score (nSPS) is 22.9. The minimum atomic E-state index is -0.252. The van der Waals surface area contributed by atoms with Crippen molar-refractivity contribution in [3.05, 3.63) is 137 Å². The third-order valence-electron chi connectivity index (χ3n) is 5.85. The molecule has 0 N–H and O–H groups in total. The van der Waals surface area contributed by atoms with E-state index in [9.17, 15) is 0 Å². The van der Waals surface area contributed by atoms with Crippen molar-refractivity contribution < 1.29 is 0 Å². The Bertz CT molecular complexity index is 1050. The van der Waals surface area contributed by atoms with E-state index in [1.165, 1.54) is 33.4 Å². The molecule has 3 aliphatic rings. The van der Waals surface area contributed by atoms with Crippen LogP contribution in [0.2, 0.25) is 0 Å². The van der Waals surface area contributed by atoms with Gasteiger partial charge in [0.2, 0.25) is 0 Å². The second-order valence-electron chi connectivity index (χ2n) is 7.23. The highest BCUT2D eigenvalue weighted by Crippen LogP contribution is 2.56. The highest BCUT2D eigenvalue weighted by molar-refractivity contribution is 5.88. The SMILES string of the molecule is C1=CCC=C(C2(c3ccccc3)C3=C(CC=CC=C3)c3ccccc32)C=C1. The van der Waals surface area contributed by atoms with Crippen LogP contribution in [0.3, 0.4) is 0 Å². The van der Waals surface area contributed by atoms with Crippen LogP contribution in [0.1, 0.15) is 29.5 Å². The van der Waals surface area contributed by atoms with Crippen LogP contribution in [-0.4, -0.2) is 0 Å². The van der Waals surface area contributed by atoms with Crippen LogP contribution in [0, 0.1) is 0 Å². The van der Waals surface area contributed by atoms with E-state index < -0.39 is 0 Å². The van der Waals surface area contributed by atoms with Crippen molar-refractivity contribution in [2.75, 3.05) is 0 Å². The minimum Gasteiger partial charge on any atom is -0.0807 e. The molecule has 0 radical (unpaired) electrons. The molecule has 0 spiro atoms. The number of rotatable bonds is 2. The van der Waals surface area contributed by atoms with Gasteiger partial charge in [0.05, 0.1) is 5.41 Å². The van der Waals surface area contributed by atoms with Crippen LogP contribution in [0.5, 0.6) is 0 Å². The quantitative estimate of drug-likeness (QED) is 0.567. The summed E-state index contributed by atoms with van der Waals surface area (Å²) in [4.78, 5) is 0. The molecule has 0 saturated heterocycles. The van der Waals surface area contributed by atoms with E-state index in [0.29, 0.717) is 0 Å². The van der Waals surface area contributed by atoms with Crippen molar-refractivity contribution in [1.29, 1.82) is 0 Å². The van der Waals surface area contributed by atoms with Crippen molar-refractivity contribution in [3.63, 3.8) is 0 Å². The van der Waals surface area contributed by atoms with Crippen LogP contribution < -0.4 is 0 Å². The summed E-state index contributed by atoms with van der Waals surface area (Å²) in [7, 11) is 0. The predicted octanol–water partition coefficient (Wildman–Crippen LogP) is 6.70. The summed E-state index contributed by atoms with van der Waals surface area (Å²) in [5, 5.41) is 0. The molecule has 0 fully saturated rings. The lowest BCUT2D eigenvalue weighted by molar-refractivity contribution is 0.756. The van der Waals surface area contributed by atoms with Crippen molar-refractivity contribution in [3.8, 4) is 0 Å². The summed E-state index contributed by atoms with van der Waals surface area (Å²) in [6, 6.07) is 20.0. The van der Waals surface area contributed by atoms with Gasteiger partial charge in [-0.05, 0) is 46.3 Å². The van der Waals surface area contributed by atoms with Crippen LogP contribution in [-0.2, 0) is 5.41 Å². The zero-order chi connectivity index (χ0) is 18.1. The van der Waals surface area contributed by atoms with Gasteiger partial charge in [-0.1, -0.05) is 109 Å². The van der Waals surface area contributed by atoms with E-state index >= 15 is 0 Å². The molecular weight excluding hydrogens is 324 g/mol. The summed E-state index contributed by atoms with van der Waals surface area (Å²) in [5.41, 5.74) is 8.11. The molecule has 1 atom stereocenters. The van der Waals surface area contributed by atoms with Crippen molar-refractivity contribution in [1.82, 2.24) is 0 Å². The molecular formula is C27H22. The van der Waals surface area contributed by atoms with Crippen LogP contribution in [0.15, 0.2) is 120 Å². The average Bonchev–Trinajstić information content (AvgIpc) is 3.00. The molecule has 0 aromatic heterocycles. The third-order valence-corrected chi connectivity index (χ3v) is 5.85. The van der Waals surface area contributed by atoms with E-state index in [1.54, 1.807) is 0 Å². The first-order chi connectivity index (χ1) is 13.4. The maximum atomic E-state index is 2.39. The molecule has 27 heavy (non-hydrogen) atoms. The first-order valence-corrected chi connectivity index (χ1v) is 9.68. The van der Waals surface area contributed by atoms with Crippen LogP contribution >= 0.6 is 0 Å². The predicted molar refractivity (Wildman–Crippen MR) is 114 cm³/mol. The third kappa shape index (κ3) is 2.37. The fraction of sp³-hybridized carbons (Fsp3) is 0.111. The molecule has 3 aliphatic carbocycles. The molecule has 130 valence electrons. The number of fused-ring (bicyclic) bond motifs is 2. The zero-order valence-electron chi connectivity index (χ0n) is 15.3. The molecule has 1 unspecified atom stereocenters. The lowest BCUT2D eigenvalue weighted by Gasteiger charge is -2.35. The largest absolute Gasteiger partial charge is 0.0807 e. The Labute approximate surface area is 161 Å². The van der Waals surface area contributed by atoms with Crippen LogP contribution in [0.4, 0.5) is 0 Å². The zero-order valence-corrected chi connectivity index (χ0v) is 15.3. The Hall–Kier alpha value is -3.12. The molecule has 2 aromatic rings. The molecule has 2 aromatic carbocycles. The van der Waals surface area contributed by atoms with E-state index in [-0.39, 0.29) is 5.41 Å². The average molecular weight is 346 g/mol. The highest BCUT2D eigenvalue weighted by atomic mass is 14.5. The Kier molecular flexibility index (Phi) is 3.90. The Morgan fingerprint density at radius 3 is 2.41 bits per heavy atom. The summed E-state index contributed by atoms with van der Waals surface area (Å²) >= 11 is 0. The number of hydrogen-bond acceptors (Lipinski definition) is 0. The molecule has 0 heteroatoms. The summed E-state index contributed by atoms with van der Waals surface area (Å²) < 4.78 is 0. The maximum Gasteiger partial charge on any atom is 0.0707 e. The molecule has 0 amide bonds. The lowest BCUT2D eigenvalue weighted by Crippen LogP contribution is -2.29. The van der Waals surface area contributed by atoms with Gasteiger partial charge in [0, 0.05) is 0 Å². The molecule has 0 heterocycles. The van der Waals surface area contributed by atoms with Gasteiger partial charge < -0.3 is 0 Å². The van der Waals surface area contributed by atoms with Crippen molar-refractivity contribution >= 4 is 5.57 Å². The fourth-order valence-electron chi connectivity index (χ4n) is 4.79. The number of allylic oxidation sites excluding steroid dienone is 12. The molecule has 0 bridgehead atoms. The second kappa shape index (κ2) is 6.55. The smallest absolute Gasteiger partial charge is 0.0707 e. The number of benzene rings is 2. The van der Waals surface area contributed by atoms with E-state index in [1.807, 2.05) is 0 Å². The van der Waals surface area contributed by atoms with E-state index in [4.69, 9.17) is 0 Å². The summed E-state index contributed by atoms with van der Waals surface area (Å²) in [6.45, 7) is 0. The standard InChI is InChI=1S/C27H22/c1-2-6-14-21(13-5-1)27(22-15-7-3-8-16-22)25-19-10-4-9-17-23(25)24-18-11-12-20-26(24)27/h1-5,7-16,18-20H,6,17H2. The second-order valence-corrected chi connectivity index (χ2v) is 7.23. The minimum absolute atomic E-state index is 0.252. The van der Waals surface area contributed by atoms with Gasteiger partial charge in [0.1, 0.15) is 0 Å². The Morgan fingerprint density at radius 1 is 0.704 bits per heavy atom. The van der Waals surface area contributed by atoms with E-state index in [2.05, 4.69) is 109 Å². The molecule has 5 rings (SSSR count). The van der Waals surface area contributed by atoms with Gasteiger partial charge >= 0.3 is 0 Å². The summed E-state index contributed by atoms with van der Waals surface area (Å²) in [6.07, 6.45) is 22.2. The van der Waals surface area contributed by atoms with Crippen molar-refractivity contribution in [2.45, 2.75) is 18.3 Å². The fourth-order valence-corrected chi connectivity index (χ4v) is 4.79. The Morgan fingerprint density at radius 2 is 1.48 bits per heavy atom.